The minimum absolute atomic E-state index is 0. The first-order valence-corrected chi connectivity index (χ1v) is 6.58. The molecule has 11 heteroatoms. The van der Waals surface area contributed by atoms with Crippen molar-refractivity contribution < 1.29 is 22.6 Å². The molecular formula is C13H14ClF3N4O3. The minimum Gasteiger partial charge on any atom is -0.334 e. The van der Waals surface area contributed by atoms with E-state index in [1.807, 2.05) is 6.92 Å². The SMILES string of the molecule is CNC(C)Cc1noc(-c2ccc(C(F)(F)F)cc2[N+](=O)[O-])n1.Cl. The van der Waals surface area contributed by atoms with E-state index in [4.69, 9.17) is 4.52 Å². The van der Waals surface area contributed by atoms with E-state index in [0.717, 1.165) is 12.1 Å². The molecule has 1 N–H and O–H groups in total. The summed E-state index contributed by atoms with van der Waals surface area (Å²) in [7, 11) is 1.74. The quantitative estimate of drug-likeness (QED) is 0.645. The van der Waals surface area contributed by atoms with Crippen molar-refractivity contribution in [1.82, 2.24) is 15.5 Å². The summed E-state index contributed by atoms with van der Waals surface area (Å²) in [6.07, 6.45) is -4.26. The van der Waals surface area contributed by atoms with Crippen molar-refractivity contribution in [3.05, 3.63) is 39.7 Å². The molecule has 0 saturated heterocycles. The van der Waals surface area contributed by atoms with Crippen LogP contribution in [0.1, 0.15) is 18.3 Å². The van der Waals surface area contributed by atoms with Crippen molar-refractivity contribution in [2.75, 3.05) is 7.05 Å². The Balaban J connectivity index is 0.00000288. The maximum absolute atomic E-state index is 12.7. The number of halogens is 4. The van der Waals surface area contributed by atoms with Gasteiger partial charge in [0, 0.05) is 18.5 Å². The van der Waals surface area contributed by atoms with E-state index in [1.165, 1.54) is 0 Å². The summed E-state index contributed by atoms with van der Waals surface area (Å²) in [5, 5.41) is 17.7. The Morgan fingerprint density at radius 1 is 1.42 bits per heavy atom. The van der Waals surface area contributed by atoms with Crippen LogP contribution in [0.3, 0.4) is 0 Å². The van der Waals surface area contributed by atoms with Crippen LogP contribution >= 0.6 is 12.4 Å². The van der Waals surface area contributed by atoms with Crippen LogP contribution in [0, 0.1) is 10.1 Å². The van der Waals surface area contributed by atoms with E-state index >= 15 is 0 Å². The summed E-state index contributed by atoms with van der Waals surface area (Å²) in [5.41, 5.74) is -2.01. The second-order valence-electron chi connectivity index (χ2n) is 4.90. The molecule has 24 heavy (non-hydrogen) atoms. The lowest BCUT2D eigenvalue weighted by Gasteiger charge is -2.07. The van der Waals surface area contributed by atoms with Gasteiger partial charge in [-0.1, -0.05) is 5.16 Å². The highest BCUT2D eigenvalue weighted by Crippen LogP contribution is 2.36. The van der Waals surface area contributed by atoms with Crippen LogP contribution in [0.15, 0.2) is 22.7 Å². The number of nitro benzene ring substituents is 1. The molecule has 0 aliphatic heterocycles. The molecule has 7 nitrogen and oxygen atoms in total. The first-order valence-electron chi connectivity index (χ1n) is 6.58. The molecule has 1 unspecified atom stereocenters. The molecular weight excluding hydrogens is 353 g/mol. The lowest BCUT2D eigenvalue weighted by Crippen LogP contribution is -2.24. The molecule has 1 atom stereocenters. The second-order valence-corrected chi connectivity index (χ2v) is 4.90. The molecule has 0 saturated carbocycles. The lowest BCUT2D eigenvalue weighted by atomic mass is 10.1. The van der Waals surface area contributed by atoms with Crippen molar-refractivity contribution in [1.29, 1.82) is 0 Å². The highest BCUT2D eigenvalue weighted by atomic mass is 35.5. The van der Waals surface area contributed by atoms with Crippen LogP contribution in [-0.2, 0) is 12.6 Å². The van der Waals surface area contributed by atoms with Gasteiger partial charge in [0.2, 0.25) is 0 Å². The van der Waals surface area contributed by atoms with Crippen LogP contribution < -0.4 is 5.32 Å². The Bertz CT molecular complexity index is 721. The number of rotatable bonds is 5. The van der Waals surface area contributed by atoms with Gasteiger partial charge < -0.3 is 9.84 Å². The predicted molar refractivity (Wildman–Crippen MR) is 80.9 cm³/mol. The molecule has 0 aliphatic carbocycles. The summed E-state index contributed by atoms with van der Waals surface area (Å²) in [6.45, 7) is 1.87. The topological polar surface area (TPSA) is 94.1 Å². The molecule has 0 bridgehead atoms. The largest absolute Gasteiger partial charge is 0.416 e. The molecule has 1 aromatic carbocycles. The van der Waals surface area contributed by atoms with Gasteiger partial charge in [0.25, 0.3) is 11.6 Å². The zero-order chi connectivity index (χ0) is 17.2. The van der Waals surface area contributed by atoms with Gasteiger partial charge in [0.1, 0.15) is 5.56 Å². The van der Waals surface area contributed by atoms with Gasteiger partial charge in [-0.05, 0) is 26.1 Å². The van der Waals surface area contributed by atoms with Crippen LogP contribution in [0.2, 0.25) is 0 Å². The molecule has 1 heterocycles. The minimum atomic E-state index is -4.68. The smallest absolute Gasteiger partial charge is 0.334 e. The maximum atomic E-state index is 12.7. The fourth-order valence-electron chi connectivity index (χ4n) is 1.86. The third-order valence-corrected chi connectivity index (χ3v) is 3.20. The van der Waals surface area contributed by atoms with Crippen molar-refractivity contribution >= 4 is 18.1 Å². The monoisotopic (exact) mass is 366 g/mol. The van der Waals surface area contributed by atoms with Crippen LogP contribution in [0.5, 0.6) is 0 Å². The Kier molecular flexibility index (Phi) is 6.27. The molecule has 0 fully saturated rings. The number of likely N-dealkylation sites (N-methyl/N-ethyl adjacent to an activating group) is 1. The fraction of sp³-hybridized carbons (Fsp3) is 0.385. The highest BCUT2D eigenvalue weighted by Gasteiger charge is 2.34. The number of nitrogens with one attached hydrogen (secondary N) is 1. The summed E-state index contributed by atoms with van der Waals surface area (Å²) in [6, 6.07) is 2.19. The molecule has 0 aliphatic rings. The van der Waals surface area contributed by atoms with Gasteiger partial charge in [-0.15, -0.1) is 12.4 Å². The van der Waals surface area contributed by atoms with Gasteiger partial charge in [-0.25, -0.2) is 0 Å². The number of aromatic nitrogens is 2. The van der Waals surface area contributed by atoms with Crippen LogP contribution in [0.4, 0.5) is 18.9 Å². The molecule has 2 rings (SSSR count). The Labute approximate surface area is 140 Å². The van der Waals surface area contributed by atoms with Gasteiger partial charge in [-0.2, -0.15) is 18.2 Å². The number of hydrogen-bond donors (Lipinski definition) is 1. The summed E-state index contributed by atoms with van der Waals surface area (Å²) in [5.74, 6) is 0.111. The normalized spacial score (nSPS) is 12.5. The molecule has 0 radical (unpaired) electrons. The third-order valence-electron chi connectivity index (χ3n) is 3.20. The highest BCUT2D eigenvalue weighted by molar-refractivity contribution is 5.85. The summed E-state index contributed by atoms with van der Waals surface area (Å²) < 4.78 is 43.0. The van der Waals surface area contributed by atoms with Gasteiger partial charge >= 0.3 is 6.18 Å². The average Bonchev–Trinajstić information content (AvgIpc) is 2.93. The average molecular weight is 367 g/mol. The first kappa shape index (κ1) is 19.8. The number of benzene rings is 1. The van der Waals surface area contributed by atoms with Gasteiger partial charge in [-0.3, -0.25) is 10.1 Å². The van der Waals surface area contributed by atoms with Gasteiger partial charge in [0.05, 0.1) is 10.5 Å². The zero-order valence-corrected chi connectivity index (χ0v) is 13.4. The lowest BCUT2D eigenvalue weighted by molar-refractivity contribution is -0.384. The van der Waals surface area contributed by atoms with E-state index in [0.29, 0.717) is 18.3 Å². The van der Waals surface area contributed by atoms with E-state index < -0.39 is 22.4 Å². The molecule has 1 aromatic heterocycles. The number of hydrogen-bond acceptors (Lipinski definition) is 6. The first-order chi connectivity index (χ1) is 10.7. The molecule has 2 aromatic rings. The maximum Gasteiger partial charge on any atom is 0.416 e. The van der Waals surface area contributed by atoms with Crippen molar-refractivity contribution in [2.24, 2.45) is 0 Å². The molecule has 132 valence electrons. The van der Waals surface area contributed by atoms with Crippen molar-refractivity contribution in [3.63, 3.8) is 0 Å². The third kappa shape index (κ3) is 4.42. The van der Waals surface area contributed by atoms with Gasteiger partial charge in [0.15, 0.2) is 5.82 Å². The van der Waals surface area contributed by atoms with Crippen LogP contribution in [0.25, 0.3) is 11.5 Å². The number of nitrogens with zero attached hydrogens (tertiary/aromatic N) is 3. The fourth-order valence-corrected chi connectivity index (χ4v) is 1.86. The summed E-state index contributed by atoms with van der Waals surface area (Å²) >= 11 is 0. The molecule has 0 spiro atoms. The van der Waals surface area contributed by atoms with Crippen LogP contribution in [-0.4, -0.2) is 28.2 Å². The van der Waals surface area contributed by atoms with E-state index in [9.17, 15) is 23.3 Å². The number of alkyl halides is 3. The zero-order valence-electron chi connectivity index (χ0n) is 12.6. The molecule has 0 amide bonds. The second kappa shape index (κ2) is 7.58. The Hall–Kier alpha value is -2.20. The van der Waals surface area contributed by atoms with Crippen molar-refractivity contribution in [3.8, 4) is 11.5 Å². The standard InChI is InChI=1S/C13H13F3N4O3.ClH/c1-7(17-2)5-11-18-12(23-19-11)9-4-3-8(13(14,15)16)6-10(9)20(21)22;/h3-4,6-7,17H,5H2,1-2H3;1H. The number of nitro groups is 1. The predicted octanol–water partition coefficient (Wildman–Crippen LogP) is 3.24. The van der Waals surface area contributed by atoms with E-state index in [-0.39, 0.29) is 29.9 Å². The van der Waals surface area contributed by atoms with Crippen molar-refractivity contribution in [2.45, 2.75) is 25.6 Å². The Morgan fingerprint density at radius 3 is 2.62 bits per heavy atom. The van der Waals surface area contributed by atoms with E-state index in [1.54, 1.807) is 7.05 Å². The Morgan fingerprint density at radius 2 is 2.08 bits per heavy atom. The summed E-state index contributed by atoms with van der Waals surface area (Å²) in [4.78, 5) is 14.1. The van der Waals surface area contributed by atoms with E-state index in [2.05, 4.69) is 15.5 Å².